The molecule has 0 aliphatic heterocycles. The first-order valence-electron chi connectivity index (χ1n) is 6.13. The lowest BCUT2D eigenvalue weighted by Crippen LogP contribution is -2.30. The molecule has 2 aromatic carbocycles. The number of aryl methyl sites for hydroxylation is 1. The van der Waals surface area contributed by atoms with Crippen LogP contribution in [0.2, 0.25) is 0 Å². The molecule has 5 heteroatoms. The molecule has 2 rings (SSSR count). The van der Waals surface area contributed by atoms with Gasteiger partial charge in [-0.3, -0.25) is 5.84 Å². The van der Waals surface area contributed by atoms with Crippen LogP contribution in [-0.2, 0) is 0 Å². The molecule has 0 saturated carbocycles. The monoisotopic (exact) mass is 338 g/mol. The summed E-state index contributed by atoms with van der Waals surface area (Å²) in [6.45, 7) is 1.96. The second-order valence-corrected chi connectivity index (χ2v) is 5.38. The lowest BCUT2D eigenvalue weighted by Gasteiger charge is -2.20. The van der Waals surface area contributed by atoms with Crippen molar-refractivity contribution in [1.82, 2.24) is 5.43 Å². The zero-order valence-corrected chi connectivity index (χ0v) is 12.9. The van der Waals surface area contributed by atoms with Crippen LogP contribution < -0.4 is 16.0 Å². The van der Waals surface area contributed by atoms with E-state index in [4.69, 9.17) is 10.6 Å². The molecule has 106 valence electrons. The molecule has 0 heterocycles. The van der Waals surface area contributed by atoms with E-state index in [1.54, 1.807) is 18.2 Å². The van der Waals surface area contributed by atoms with Crippen LogP contribution in [0.5, 0.6) is 5.75 Å². The van der Waals surface area contributed by atoms with Crippen LogP contribution in [0.4, 0.5) is 4.39 Å². The third-order valence-electron chi connectivity index (χ3n) is 3.23. The van der Waals surface area contributed by atoms with Crippen LogP contribution in [0.25, 0.3) is 0 Å². The molecule has 3 nitrogen and oxygen atoms in total. The maximum atomic E-state index is 14.4. The number of hydrogen-bond acceptors (Lipinski definition) is 3. The summed E-state index contributed by atoms with van der Waals surface area (Å²) < 4.78 is 20.4. The normalized spacial score (nSPS) is 12.2. The van der Waals surface area contributed by atoms with E-state index in [0.29, 0.717) is 5.56 Å². The van der Waals surface area contributed by atoms with Crippen molar-refractivity contribution in [2.24, 2.45) is 5.84 Å². The largest absolute Gasteiger partial charge is 0.494 e. The minimum Gasteiger partial charge on any atom is -0.494 e. The lowest BCUT2D eigenvalue weighted by atomic mass is 9.95. The Morgan fingerprint density at radius 2 is 2.00 bits per heavy atom. The summed E-state index contributed by atoms with van der Waals surface area (Å²) in [5.74, 6) is 5.44. The summed E-state index contributed by atoms with van der Waals surface area (Å²) in [4.78, 5) is 0. The van der Waals surface area contributed by atoms with E-state index < -0.39 is 11.9 Å². The van der Waals surface area contributed by atoms with E-state index in [0.717, 1.165) is 15.6 Å². The van der Waals surface area contributed by atoms with Crippen molar-refractivity contribution in [1.29, 1.82) is 0 Å². The van der Waals surface area contributed by atoms with Gasteiger partial charge in [0, 0.05) is 10.0 Å². The fraction of sp³-hybridized carbons (Fsp3) is 0.200. The van der Waals surface area contributed by atoms with Gasteiger partial charge in [0.05, 0.1) is 13.2 Å². The molecule has 3 N–H and O–H groups in total. The molecule has 0 aliphatic carbocycles. The van der Waals surface area contributed by atoms with E-state index in [1.165, 1.54) is 7.11 Å². The molecule has 0 radical (unpaired) electrons. The Morgan fingerprint density at radius 1 is 1.25 bits per heavy atom. The third-order valence-corrected chi connectivity index (χ3v) is 3.73. The number of methoxy groups -OCH3 is 1. The van der Waals surface area contributed by atoms with Crippen LogP contribution in [0.1, 0.15) is 22.7 Å². The summed E-state index contributed by atoms with van der Waals surface area (Å²) in [6.07, 6.45) is 0. The molecule has 0 saturated heterocycles. The first-order valence-corrected chi connectivity index (χ1v) is 6.92. The molecule has 1 atom stereocenters. The molecular formula is C15H16BrFN2O. The van der Waals surface area contributed by atoms with Gasteiger partial charge in [-0.1, -0.05) is 34.1 Å². The zero-order valence-electron chi connectivity index (χ0n) is 11.3. The molecule has 20 heavy (non-hydrogen) atoms. The Morgan fingerprint density at radius 3 is 2.60 bits per heavy atom. The van der Waals surface area contributed by atoms with Gasteiger partial charge in [-0.05, 0) is 36.2 Å². The first-order chi connectivity index (χ1) is 9.58. The molecule has 0 amide bonds. The van der Waals surface area contributed by atoms with Gasteiger partial charge >= 0.3 is 0 Å². The number of benzene rings is 2. The lowest BCUT2D eigenvalue weighted by molar-refractivity contribution is 0.381. The number of nitrogens with two attached hydrogens (primary N) is 1. The number of hydrogen-bond donors (Lipinski definition) is 2. The highest BCUT2D eigenvalue weighted by atomic mass is 79.9. The molecule has 0 aromatic heterocycles. The van der Waals surface area contributed by atoms with Gasteiger partial charge in [0.15, 0.2) is 11.6 Å². The Labute approximate surface area is 126 Å². The van der Waals surface area contributed by atoms with Gasteiger partial charge in [0.2, 0.25) is 0 Å². The van der Waals surface area contributed by atoms with Crippen molar-refractivity contribution in [3.63, 3.8) is 0 Å². The summed E-state index contributed by atoms with van der Waals surface area (Å²) in [5, 5.41) is 0. The molecule has 2 aromatic rings. The fourth-order valence-corrected chi connectivity index (χ4v) is 2.69. The quantitative estimate of drug-likeness (QED) is 0.663. The Hall–Kier alpha value is -1.43. The van der Waals surface area contributed by atoms with E-state index in [2.05, 4.69) is 21.4 Å². The van der Waals surface area contributed by atoms with Crippen LogP contribution in [-0.4, -0.2) is 7.11 Å². The Bertz CT molecular complexity index is 619. The summed E-state index contributed by atoms with van der Waals surface area (Å²) in [6, 6.07) is 10.4. The predicted molar refractivity (Wildman–Crippen MR) is 81.0 cm³/mol. The van der Waals surface area contributed by atoms with E-state index in [9.17, 15) is 4.39 Å². The standard InChI is InChI=1S/C15H16BrFN2O/c1-9-8-10(16)6-7-11(9)15(19-18)12-4-3-5-13(20-2)14(12)17/h3-8,15,19H,18H2,1-2H3. The molecule has 0 aliphatic rings. The van der Waals surface area contributed by atoms with Crippen molar-refractivity contribution in [3.8, 4) is 5.75 Å². The molecular weight excluding hydrogens is 323 g/mol. The highest BCUT2D eigenvalue weighted by Crippen LogP contribution is 2.31. The van der Waals surface area contributed by atoms with E-state index >= 15 is 0 Å². The Balaban J connectivity index is 2.52. The van der Waals surface area contributed by atoms with Gasteiger partial charge in [-0.25, -0.2) is 9.82 Å². The highest BCUT2D eigenvalue weighted by molar-refractivity contribution is 9.10. The maximum absolute atomic E-state index is 14.4. The minimum atomic E-state index is -0.432. The van der Waals surface area contributed by atoms with Crippen molar-refractivity contribution < 1.29 is 9.13 Å². The fourth-order valence-electron chi connectivity index (χ4n) is 2.22. The zero-order chi connectivity index (χ0) is 14.7. The van der Waals surface area contributed by atoms with E-state index in [1.807, 2.05) is 25.1 Å². The predicted octanol–water partition coefficient (Wildman–Crippen LogP) is 3.46. The second-order valence-electron chi connectivity index (χ2n) is 4.46. The second kappa shape index (κ2) is 6.35. The van der Waals surface area contributed by atoms with Crippen LogP contribution in [0.15, 0.2) is 40.9 Å². The number of nitrogens with one attached hydrogen (secondary N) is 1. The van der Waals surface area contributed by atoms with Gasteiger partial charge in [-0.2, -0.15) is 0 Å². The highest BCUT2D eigenvalue weighted by Gasteiger charge is 2.20. The van der Waals surface area contributed by atoms with Gasteiger partial charge in [0.1, 0.15) is 0 Å². The van der Waals surface area contributed by atoms with Gasteiger partial charge in [0.25, 0.3) is 0 Å². The SMILES string of the molecule is COc1cccc(C(NN)c2ccc(Br)cc2C)c1F. The van der Waals surface area contributed by atoms with Crippen molar-refractivity contribution in [2.75, 3.05) is 7.11 Å². The number of hydrazine groups is 1. The molecule has 0 bridgehead atoms. The average molecular weight is 339 g/mol. The maximum Gasteiger partial charge on any atom is 0.170 e. The molecule has 0 spiro atoms. The first kappa shape index (κ1) is 15.0. The number of halogens is 2. The summed E-state index contributed by atoms with van der Waals surface area (Å²) in [5.41, 5.74) is 5.07. The van der Waals surface area contributed by atoms with Gasteiger partial charge in [-0.15, -0.1) is 0 Å². The van der Waals surface area contributed by atoms with Crippen molar-refractivity contribution in [2.45, 2.75) is 13.0 Å². The topological polar surface area (TPSA) is 47.3 Å². The summed E-state index contributed by atoms with van der Waals surface area (Å²) >= 11 is 3.42. The van der Waals surface area contributed by atoms with Gasteiger partial charge < -0.3 is 4.74 Å². The average Bonchev–Trinajstić information content (AvgIpc) is 2.43. The Kier molecular flexibility index (Phi) is 4.75. The van der Waals surface area contributed by atoms with E-state index in [-0.39, 0.29) is 5.75 Å². The summed E-state index contributed by atoms with van der Waals surface area (Å²) in [7, 11) is 1.44. The minimum absolute atomic E-state index is 0.206. The van der Waals surface area contributed by atoms with Crippen LogP contribution >= 0.6 is 15.9 Å². The van der Waals surface area contributed by atoms with Crippen LogP contribution in [0.3, 0.4) is 0 Å². The smallest absolute Gasteiger partial charge is 0.170 e. The number of rotatable bonds is 4. The number of ether oxygens (including phenoxy) is 1. The third kappa shape index (κ3) is 2.85. The van der Waals surface area contributed by atoms with Crippen LogP contribution in [0, 0.1) is 12.7 Å². The van der Waals surface area contributed by atoms with Crippen molar-refractivity contribution >= 4 is 15.9 Å². The molecule has 1 unspecified atom stereocenters. The molecule has 0 fully saturated rings. The van der Waals surface area contributed by atoms with Crippen molar-refractivity contribution in [3.05, 3.63) is 63.4 Å².